The topological polar surface area (TPSA) is 105 Å². The van der Waals surface area contributed by atoms with Crippen LogP contribution >= 0.6 is 23.2 Å². The summed E-state index contributed by atoms with van der Waals surface area (Å²) < 4.78 is 0. The van der Waals surface area contributed by atoms with Crippen LogP contribution in [0.1, 0.15) is 44.2 Å². The number of aliphatic hydroxyl groups is 1. The van der Waals surface area contributed by atoms with E-state index in [1.165, 1.54) is 18.4 Å². The van der Waals surface area contributed by atoms with Gasteiger partial charge in [-0.3, -0.25) is 14.9 Å². The van der Waals surface area contributed by atoms with E-state index >= 15 is 0 Å². The number of allylic oxidation sites excluding steroid dienone is 3. The molecule has 0 radical (unpaired) electrons. The summed E-state index contributed by atoms with van der Waals surface area (Å²) in [5.41, 5.74) is 3.01. The SMILES string of the molecule is CCCC(=O)NN=CC1(c2cc(Cl)c(Cl)cc2CC(C)O)C=CC([N+](=O)[O-])=CC1. The molecule has 0 aliphatic heterocycles. The summed E-state index contributed by atoms with van der Waals surface area (Å²) >= 11 is 12.4. The smallest absolute Gasteiger partial charge is 0.265 e. The monoisotopic (exact) mass is 439 g/mol. The maximum atomic E-state index is 11.8. The van der Waals surface area contributed by atoms with Crippen LogP contribution < -0.4 is 5.43 Å². The van der Waals surface area contributed by atoms with Crippen molar-refractivity contribution in [3.8, 4) is 0 Å². The molecule has 0 bridgehead atoms. The molecule has 1 aromatic carbocycles. The van der Waals surface area contributed by atoms with E-state index in [-0.39, 0.29) is 18.0 Å². The van der Waals surface area contributed by atoms with Gasteiger partial charge < -0.3 is 5.11 Å². The van der Waals surface area contributed by atoms with Gasteiger partial charge in [0.15, 0.2) is 0 Å². The highest BCUT2D eigenvalue weighted by Gasteiger charge is 2.34. The van der Waals surface area contributed by atoms with Gasteiger partial charge in [-0.15, -0.1) is 0 Å². The molecule has 1 aliphatic rings. The van der Waals surface area contributed by atoms with Crippen LogP contribution in [0.25, 0.3) is 0 Å². The predicted molar refractivity (Wildman–Crippen MR) is 114 cm³/mol. The van der Waals surface area contributed by atoms with Gasteiger partial charge in [0, 0.05) is 18.7 Å². The Morgan fingerprint density at radius 2 is 2.14 bits per heavy atom. The standard InChI is InChI=1S/C20H23Cl2N3O4/c1-3-4-19(27)24-23-12-20(7-5-15(6-8-20)25(28)29)16-11-18(22)17(21)10-14(16)9-13(2)26/h5-7,10-13,26H,3-4,8-9H2,1-2H3,(H,24,27). The normalized spacial score (nSPS) is 19.8. The van der Waals surface area contributed by atoms with Gasteiger partial charge in [-0.1, -0.05) is 36.2 Å². The van der Waals surface area contributed by atoms with Crippen LogP contribution in [0.2, 0.25) is 10.0 Å². The maximum absolute atomic E-state index is 11.8. The number of aliphatic hydroxyl groups excluding tert-OH is 1. The highest BCUT2D eigenvalue weighted by molar-refractivity contribution is 6.42. The van der Waals surface area contributed by atoms with Gasteiger partial charge in [0.05, 0.1) is 26.5 Å². The molecule has 0 spiro atoms. The lowest BCUT2D eigenvalue weighted by atomic mass is 9.73. The first-order valence-corrected chi connectivity index (χ1v) is 9.97. The second-order valence-corrected chi connectivity index (χ2v) is 7.80. The molecule has 7 nitrogen and oxygen atoms in total. The average molecular weight is 440 g/mol. The number of amides is 1. The number of carbonyl (C=O) groups excluding carboxylic acids is 1. The van der Waals surface area contributed by atoms with Crippen LogP contribution in [-0.4, -0.2) is 28.3 Å². The van der Waals surface area contributed by atoms with E-state index in [0.29, 0.717) is 34.9 Å². The molecule has 0 saturated carbocycles. The Kier molecular flexibility index (Phi) is 7.96. The Morgan fingerprint density at radius 1 is 1.45 bits per heavy atom. The van der Waals surface area contributed by atoms with Crippen LogP contribution in [0.5, 0.6) is 0 Å². The molecule has 0 fully saturated rings. The summed E-state index contributed by atoms with van der Waals surface area (Å²) in [7, 11) is 0. The van der Waals surface area contributed by atoms with Crippen molar-refractivity contribution in [3.63, 3.8) is 0 Å². The molecule has 0 aromatic heterocycles. The number of halogens is 2. The molecule has 1 amide bonds. The second-order valence-electron chi connectivity index (χ2n) is 6.98. The third-order valence-electron chi connectivity index (χ3n) is 4.54. The molecule has 1 aliphatic carbocycles. The van der Waals surface area contributed by atoms with Crippen LogP contribution in [-0.2, 0) is 16.6 Å². The van der Waals surface area contributed by atoms with E-state index in [1.54, 1.807) is 25.1 Å². The van der Waals surface area contributed by atoms with Crippen LogP contribution in [0.3, 0.4) is 0 Å². The molecule has 2 atom stereocenters. The number of hydrogen-bond donors (Lipinski definition) is 2. The summed E-state index contributed by atoms with van der Waals surface area (Å²) in [5.74, 6) is -0.224. The first kappa shape index (κ1) is 23.1. The minimum absolute atomic E-state index is 0.0267. The number of benzene rings is 1. The van der Waals surface area contributed by atoms with Crippen molar-refractivity contribution in [2.75, 3.05) is 0 Å². The molecule has 0 heterocycles. The number of hydrazone groups is 1. The number of rotatable bonds is 8. The van der Waals surface area contributed by atoms with Crippen molar-refractivity contribution in [1.29, 1.82) is 0 Å². The molecule has 2 unspecified atom stereocenters. The molecule has 156 valence electrons. The molecule has 2 rings (SSSR count). The third-order valence-corrected chi connectivity index (χ3v) is 5.26. The van der Waals surface area contributed by atoms with Gasteiger partial charge in [0.2, 0.25) is 5.91 Å². The van der Waals surface area contributed by atoms with Gasteiger partial charge >= 0.3 is 0 Å². The molecule has 0 saturated heterocycles. The number of carbonyl (C=O) groups is 1. The summed E-state index contributed by atoms with van der Waals surface area (Å²) in [5, 5.41) is 25.8. The Labute approximate surface area is 179 Å². The van der Waals surface area contributed by atoms with Crippen molar-refractivity contribution < 1.29 is 14.8 Å². The quantitative estimate of drug-likeness (QED) is 0.360. The van der Waals surface area contributed by atoms with E-state index < -0.39 is 16.4 Å². The average Bonchev–Trinajstić information content (AvgIpc) is 2.64. The fraction of sp³-hybridized carbons (Fsp3) is 0.400. The zero-order valence-electron chi connectivity index (χ0n) is 16.2. The number of nitrogens with zero attached hydrogens (tertiary/aromatic N) is 2. The lowest BCUT2D eigenvalue weighted by Crippen LogP contribution is -2.31. The van der Waals surface area contributed by atoms with Crippen LogP contribution in [0.15, 0.2) is 41.2 Å². The highest BCUT2D eigenvalue weighted by atomic mass is 35.5. The van der Waals surface area contributed by atoms with E-state index in [1.807, 2.05) is 6.92 Å². The predicted octanol–water partition coefficient (Wildman–Crippen LogP) is 4.18. The zero-order chi connectivity index (χ0) is 21.6. The van der Waals surface area contributed by atoms with Crippen molar-refractivity contribution in [3.05, 3.63) is 67.3 Å². The van der Waals surface area contributed by atoms with Crippen molar-refractivity contribution in [2.45, 2.75) is 51.0 Å². The fourth-order valence-corrected chi connectivity index (χ4v) is 3.50. The van der Waals surface area contributed by atoms with Crippen LogP contribution in [0.4, 0.5) is 0 Å². The van der Waals surface area contributed by atoms with E-state index in [4.69, 9.17) is 23.2 Å². The Hall–Kier alpha value is -2.22. The molecule has 29 heavy (non-hydrogen) atoms. The first-order chi connectivity index (χ1) is 13.7. The second kappa shape index (κ2) is 10.0. The largest absolute Gasteiger partial charge is 0.393 e. The zero-order valence-corrected chi connectivity index (χ0v) is 17.7. The molecular weight excluding hydrogens is 417 g/mol. The van der Waals surface area contributed by atoms with Crippen LogP contribution in [0, 0.1) is 10.1 Å². The van der Waals surface area contributed by atoms with Gasteiger partial charge in [-0.2, -0.15) is 5.10 Å². The Morgan fingerprint density at radius 3 is 2.69 bits per heavy atom. The number of hydrogen-bond acceptors (Lipinski definition) is 5. The summed E-state index contributed by atoms with van der Waals surface area (Å²) in [6, 6.07) is 3.36. The van der Waals surface area contributed by atoms with Crippen molar-refractivity contribution in [2.24, 2.45) is 5.10 Å². The van der Waals surface area contributed by atoms with Crippen molar-refractivity contribution >= 4 is 35.3 Å². The van der Waals surface area contributed by atoms with Crippen molar-refractivity contribution in [1.82, 2.24) is 5.43 Å². The molecule has 9 heteroatoms. The van der Waals surface area contributed by atoms with Gasteiger partial charge in [-0.05, 0) is 55.5 Å². The lowest BCUT2D eigenvalue weighted by molar-refractivity contribution is -0.419. The highest BCUT2D eigenvalue weighted by Crippen LogP contribution is 2.39. The first-order valence-electron chi connectivity index (χ1n) is 9.22. The number of nitrogens with one attached hydrogen (secondary N) is 1. The summed E-state index contributed by atoms with van der Waals surface area (Å²) in [4.78, 5) is 22.4. The van der Waals surface area contributed by atoms with Gasteiger partial charge in [0.25, 0.3) is 5.70 Å². The minimum Gasteiger partial charge on any atom is -0.393 e. The molecule has 2 N–H and O–H groups in total. The Bertz CT molecular complexity index is 881. The fourth-order valence-electron chi connectivity index (χ4n) is 3.15. The number of nitro groups is 1. The van der Waals surface area contributed by atoms with E-state index in [2.05, 4.69) is 10.5 Å². The summed E-state index contributed by atoms with van der Waals surface area (Å²) in [6.45, 7) is 3.54. The van der Waals surface area contributed by atoms with E-state index in [9.17, 15) is 20.0 Å². The minimum atomic E-state index is -0.891. The third kappa shape index (κ3) is 5.88. The summed E-state index contributed by atoms with van der Waals surface area (Å²) in [6.07, 6.45) is 7.02. The Balaban J connectivity index is 2.53. The maximum Gasteiger partial charge on any atom is 0.265 e. The molecular formula is C20H23Cl2N3O4. The lowest BCUT2D eigenvalue weighted by Gasteiger charge is -2.30. The molecule has 1 aromatic rings. The van der Waals surface area contributed by atoms with Gasteiger partial charge in [0.1, 0.15) is 0 Å². The van der Waals surface area contributed by atoms with E-state index in [0.717, 1.165) is 5.56 Å². The van der Waals surface area contributed by atoms with Gasteiger partial charge in [-0.25, -0.2) is 5.43 Å².